The maximum Gasteiger partial charge on any atom is 0.267 e. The zero-order valence-electron chi connectivity index (χ0n) is 22.2. The van der Waals surface area contributed by atoms with Gasteiger partial charge in [-0.15, -0.1) is 0 Å². The van der Waals surface area contributed by atoms with Gasteiger partial charge in [-0.1, -0.05) is 24.3 Å². The number of likely N-dealkylation sites (tertiary alicyclic amines) is 1. The Hall–Kier alpha value is -3.66. The van der Waals surface area contributed by atoms with E-state index in [4.69, 9.17) is 14.3 Å². The van der Waals surface area contributed by atoms with E-state index in [1.54, 1.807) is 12.1 Å². The first-order valence-corrected chi connectivity index (χ1v) is 13.6. The molecule has 2 fully saturated rings. The maximum atomic E-state index is 13.2. The van der Waals surface area contributed by atoms with E-state index < -0.39 is 17.9 Å². The van der Waals surface area contributed by atoms with Crippen LogP contribution in [-0.4, -0.2) is 53.0 Å². The third-order valence-corrected chi connectivity index (χ3v) is 7.66. The van der Waals surface area contributed by atoms with Crippen LogP contribution in [0.3, 0.4) is 0 Å². The van der Waals surface area contributed by atoms with Crippen LogP contribution in [-0.2, 0) is 28.0 Å². The summed E-state index contributed by atoms with van der Waals surface area (Å²) in [6.07, 6.45) is 9.24. The Balaban J connectivity index is 1.11. The summed E-state index contributed by atoms with van der Waals surface area (Å²) in [6, 6.07) is 13.8. The Morgan fingerprint density at radius 2 is 2.13 bits per heavy atom. The van der Waals surface area contributed by atoms with Crippen LogP contribution in [0.4, 0.5) is 0 Å². The molecule has 6 rings (SSSR count). The van der Waals surface area contributed by atoms with E-state index in [1.165, 1.54) is 22.5 Å². The number of rotatable bonds is 6. The predicted octanol–water partition coefficient (Wildman–Crippen LogP) is 3.88. The van der Waals surface area contributed by atoms with Gasteiger partial charge in [0.25, 0.3) is 11.8 Å². The van der Waals surface area contributed by atoms with Crippen molar-refractivity contribution in [2.75, 3.05) is 19.7 Å². The topological polar surface area (TPSA) is 94.1 Å². The molecule has 2 aromatic carbocycles. The predicted molar refractivity (Wildman–Crippen MR) is 147 cm³/mol. The van der Waals surface area contributed by atoms with Crippen LogP contribution in [0, 0.1) is 0 Å². The minimum atomic E-state index is -0.761. The normalized spacial score (nSPS) is 23.5. The second-order valence-corrected chi connectivity index (χ2v) is 10.6. The fourth-order valence-corrected chi connectivity index (χ4v) is 5.78. The fraction of sp³-hybridized carbons (Fsp3) is 0.400. The second-order valence-electron chi connectivity index (χ2n) is 10.6. The van der Waals surface area contributed by atoms with E-state index in [9.17, 15) is 9.59 Å². The van der Waals surface area contributed by atoms with Crippen molar-refractivity contribution in [1.82, 2.24) is 20.3 Å². The molecule has 1 aromatic heterocycles. The summed E-state index contributed by atoms with van der Waals surface area (Å²) in [5, 5.41) is 4.40. The number of aryl methyl sites for hydroxylation is 1. The number of carbonyl (C=O) groups is 2. The van der Waals surface area contributed by atoms with Gasteiger partial charge in [0.1, 0.15) is 5.75 Å². The number of para-hydroxylation sites is 1. The molecule has 0 saturated carbocycles. The number of nitrogens with zero attached hydrogens (tertiary/aromatic N) is 2. The fourth-order valence-electron chi connectivity index (χ4n) is 5.78. The monoisotopic (exact) mass is 530 g/mol. The van der Waals surface area contributed by atoms with Crippen LogP contribution in [0.15, 0.2) is 54.7 Å². The van der Waals surface area contributed by atoms with Crippen LogP contribution in [0.5, 0.6) is 5.75 Å². The first-order valence-electron chi connectivity index (χ1n) is 13.6. The molecule has 2 amide bonds. The van der Waals surface area contributed by atoms with Gasteiger partial charge < -0.3 is 19.4 Å². The van der Waals surface area contributed by atoms with Gasteiger partial charge in [0.05, 0.1) is 12.1 Å². The highest BCUT2D eigenvalue weighted by molar-refractivity contribution is 5.99. The lowest BCUT2D eigenvalue weighted by Gasteiger charge is -2.45. The van der Waals surface area contributed by atoms with Crippen molar-refractivity contribution >= 4 is 28.8 Å². The summed E-state index contributed by atoms with van der Waals surface area (Å²) >= 11 is 0. The van der Waals surface area contributed by atoms with Gasteiger partial charge >= 0.3 is 0 Å². The highest BCUT2D eigenvalue weighted by Crippen LogP contribution is 2.34. The molecule has 204 valence electrons. The van der Waals surface area contributed by atoms with Crippen molar-refractivity contribution in [2.24, 2.45) is 7.05 Å². The number of benzene rings is 2. The van der Waals surface area contributed by atoms with Crippen molar-refractivity contribution in [3.05, 3.63) is 71.4 Å². The van der Waals surface area contributed by atoms with Crippen molar-refractivity contribution in [3.63, 3.8) is 0 Å². The smallest absolute Gasteiger partial charge is 0.267 e. The molecule has 0 radical (unpaired) electrons. The summed E-state index contributed by atoms with van der Waals surface area (Å²) in [7, 11) is 2.07. The molecule has 9 heteroatoms. The molecule has 2 saturated heterocycles. The zero-order valence-corrected chi connectivity index (χ0v) is 22.2. The molecule has 39 heavy (non-hydrogen) atoms. The quantitative estimate of drug-likeness (QED) is 0.371. The molecule has 2 unspecified atom stereocenters. The number of hydrogen-bond acceptors (Lipinski definition) is 6. The van der Waals surface area contributed by atoms with E-state index in [0.29, 0.717) is 30.0 Å². The minimum absolute atomic E-state index is 0.166. The van der Waals surface area contributed by atoms with Gasteiger partial charge in [0, 0.05) is 56.2 Å². The summed E-state index contributed by atoms with van der Waals surface area (Å²) in [5.41, 5.74) is 5.30. The van der Waals surface area contributed by atoms with E-state index in [2.05, 4.69) is 57.8 Å². The Morgan fingerprint density at radius 1 is 1.23 bits per heavy atom. The van der Waals surface area contributed by atoms with E-state index in [-0.39, 0.29) is 5.91 Å². The number of ether oxygens (including phenoxy) is 2. The molecule has 2 atom stereocenters. The third-order valence-electron chi connectivity index (χ3n) is 7.66. The Labute approximate surface area is 227 Å². The van der Waals surface area contributed by atoms with Crippen molar-refractivity contribution in [3.8, 4) is 5.75 Å². The number of hydroxylamine groups is 1. The lowest BCUT2D eigenvalue weighted by Crippen LogP contribution is -2.63. The molecule has 0 aliphatic carbocycles. The Kier molecular flexibility index (Phi) is 7.12. The van der Waals surface area contributed by atoms with Crippen LogP contribution < -0.4 is 15.5 Å². The Bertz CT molecular complexity index is 1410. The molecular weight excluding hydrogens is 496 g/mol. The van der Waals surface area contributed by atoms with Crippen LogP contribution in [0.2, 0.25) is 0 Å². The molecular formula is C30H34N4O5. The summed E-state index contributed by atoms with van der Waals surface area (Å²) in [4.78, 5) is 33.0. The van der Waals surface area contributed by atoms with Crippen molar-refractivity contribution in [1.29, 1.82) is 0 Å². The largest absolute Gasteiger partial charge is 0.466 e. The van der Waals surface area contributed by atoms with E-state index in [0.717, 1.165) is 45.2 Å². The number of carbonyl (C=O) groups excluding carboxylic acids is 2. The zero-order chi connectivity index (χ0) is 26.8. The molecule has 3 aromatic rings. The standard InChI is InChI=1S/C30H34N4O5/c1-33-18-22(23-7-2-3-8-25(23)33)19-34-15-6-14-30(20-34)31-29(36)24-17-21(10-12-26(24)38-30)11-13-27(35)32-39-28-9-4-5-16-37-28/h2-3,7-8,10-13,17-18,28H,4-6,9,14-16,19-20H2,1H3,(H,31,36)(H,32,35)/b13-11+. The van der Waals surface area contributed by atoms with Gasteiger partial charge in [-0.2, -0.15) is 0 Å². The van der Waals surface area contributed by atoms with Gasteiger partial charge in [-0.25, -0.2) is 10.3 Å². The van der Waals surface area contributed by atoms with Gasteiger partial charge in [0.15, 0.2) is 12.0 Å². The van der Waals surface area contributed by atoms with Crippen LogP contribution >= 0.6 is 0 Å². The molecule has 0 bridgehead atoms. The first-order chi connectivity index (χ1) is 19.0. The van der Waals surface area contributed by atoms with Gasteiger partial charge in [-0.05, 0) is 61.2 Å². The number of piperidine rings is 1. The maximum absolute atomic E-state index is 13.2. The van der Waals surface area contributed by atoms with Crippen LogP contribution in [0.25, 0.3) is 17.0 Å². The summed E-state index contributed by atoms with van der Waals surface area (Å²) in [5.74, 6) is 0.000858. The minimum Gasteiger partial charge on any atom is -0.466 e. The first kappa shape index (κ1) is 25.6. The van der Waals surface area contributed by atoms with Gasteiger partial charge in [0.2, 0.25) is 0 Å². The van der Waals surface area contributed by atoms with Crippen molar-refractivity contribution in [2.45, 2.75) is 50.7 Å². The third kappa shape index (κ3) is 5.56. The molecule has 3 aliphatic heterocycles. The number of hydrogen-bond donors (Lipinski definition) is 2. The highest BCUT2D eigenvalue weighted by Gasteiger charge is 2.43. The number of fused-ring (bicyclic) bond motifs is 2. The Morgan fingerprint density at radius 3 is 3.00 bits per heavy atom. The molecule has 2 N–H and O–H groups in total. The number of amides is 2. The van der Waals surface area contributed by atoms with Crippen molar-refractivity contribution < 1.29 is 23.9 Å². The average Bonchev–Trinajstić information content (AvgIpc) is 3.26. The van der Waals surface area contributed by atoms with E-state index in [1.807, 2.05) is 12.1 Å². The molecule has 4 heterocycles. The number of aromatic nitrogens is 1. The summed E-state index contributed by atoms with van der Waals surface area (Å²) in [6.45, 7) is 2.98. The van der Waals surface area contributed by atoms with Gasteiger partial charge in [-0.3, -0.25) is 14.5 Å². The SMILES string of the molecule is Cn1cc(CN2CCCC3(C2)NC(=O)c2cc(/C=C/C(=O)NOC4CCCCO4)ccc2O3)c2ccccc21. The lowest BCUT2D eigenvalue weighted by molar-refractivity contribution is -0.198. The van der Waals surface area contributed by atoms with Crippen LogP contribution in [0.1, 0.15) is 53.6 Å². The highest BCUT2D eigenvalue weighted by atomic mass is 16.8. The molecule has 3 aliphatic rings. The average molecular weight is 531 g/mol. The summed E-state index contributed by atoms with van der Waals surface area (Å²) < 4.78 is 14.1. The second kappa shape index (κ2) is 10.8. The van der Waals surface area contributed by atoms with E-state index >= 15 is 0 Å². The molecule has 1 spiro atoms. The number of nitrogens with one attached hydrogen (secondary N) is 2. The molecule has 9 nitrogen and oxygen atoms in total. The lowest BCUT2D eigenvalue weighted by atomic mass is 9.96.